The summed E-state index contributed by atoms with van der Waals surface area (Å²) in [7, 11) is 0. The molecule has 4 nitrogen and oxygen atoms in total. The molecule has 1 atom stereocenters. The minimum Gasteiger partial charge on any atom is -0.463 e. The fourth-order valence-electron chi connectivity index (χ4n) is 1.57. The Labute approximate surface area is 102 Å². The number of hydrogen-bond donors (Lipinski definition) is 0. The average Bonchev–Trinajstić information content (AvgIpc) is 2.73. The molecule has 90 valence electrons. The highest BCUT2D eigenvalue weighted by atomic mass is 32.2. The third-order valence-electron chi connectivity index (χ3n) is 2.31. The van der Waals surface area contributed by atoms with E-state index in [1.807, 2.05) is 18.2 Å². The van der Waals surface area contributed by atoms with Crippen LogP contribution in [0.1, 0.15) is 12.5 Å². The third kappa shape index (κ3) is 2.45. The number of esters is 1. The standard InChI is InChI=1S/C12H12O4S/c1-2-15-12(13)10-8-16-17(14)11(10)9-6-4-3-5-7-9/h3-7H,2,8H2,1H3. The van der Waals surface area contributed by atoms with E-state index >= 15 is 0 Å². The normalized spacial score (nSPS) is 19.5. The second kappa shape index (κ2) is 5.25. The summed E-state index contributed by atoms with van der Waals surface area (Å²) < 4.78 is 21.6. The second-order valence-corrected chi connectivity index (χ2v) is 4.50. The van der Waals surface area contributed by atoms with Gasteiger partial charge in [0.05, 0.1) is 23.7 Å². The molecule has 0 spiro atoms. The summed E-state index contributed by atoms with van der Waals surface area (Å²) in [5.74, 6) is -0.461. The first-order valence-corrected chi connectivity index (χ1v) is 6.32. The van der Waals surface area contributed by atoms with Gasteiger partial charge in [-0.25, -0.2) is 9.00 Å². The first-order chi connectivity index (χ1) is 8.24. The van der Waals surface area contributed by atoms with Gasteiger partial charge >= 0.3 is 5.97 Å². The summed E-state index contributed by atoms with van der Waals surface area (Å²) in [5, 5.41) is 0. The molecular formula is C12H12O4S. The second-order valence-electron chi connectivity index (χ2n) is 3.39. The topological polar surface area (TPSA) is 52.6 Å². The zero-order valence-corrected chi connectivity index (χ0v) is 10.2. The smallest absolute Gasteiger partial charge is 0.337 e. The maximum absolute atomic E-state index is 11.7. The molecule has 0 bridgehead atoms. The quantitative estimate of drug-likeness (QED) is 0.768. The van der Waals surface area contributed by atoms with Crippen molar-refractivity contribution in [1.29, 1.82) is 0 Å². The molecule has 0 radical (unpaired) electrons. The van der Waals surface area contributed by atoms with Gasteiger partial charge in [0.2, 0.25) is 0 Å². The molecule has 0 aliphatic carbocycles. The van der Waals surface area contributed by atoms with Crippen LogP contribution < -0.4 is 0 Å². The SMILES string of the molecule is CCOC(=O)C1=C(c2ccccc2)S(=O)OC1. The molecule has 0 N–H and O–H groups in total. The van der Waals surface area contributed by atoms with Crippen LogP contribution in [0.5, 0.6) is 0 Å². The molecule has 5 heteroatoms. The minimum absolute atomic E-state index is 0.0374. The molecule has 17 heavy (non-hydrogen) atoms. The van der Waals surface area contributed by atoms with E-state index in [0.29, 0.717) is 10.5 Å². The molecule has 0 saturated carbocycles. The van der Waals surface area contributed by atoms with Crippen molar-refractivity contribution >= 4 is 22.0 Å². The highest BCUT2D eigenvalue weighted by molar-refractivity contribution is 7.90. The van der Waals surface area contributed by atoms with E-state index in [2.05, 4.69) is 0 Å². The maximum Gasteiger partial charge on any atom is 0.337 e. The molecule has 0 aromatic heterocycles. The van der Waals surface area contributed by atoms with Gasteiger partial charge in [-0.2, -0.15) is 0 Å². The van der Waals surface area contributed by atoms with Gasteiger partial charge in [0, 0.05) is 0 Å². The lowest BCUT2D eigenvalue weighted by atomic mass is 10.1. The summed E-state index contributed by atoms with van der Waals surface area (Å²) in [5.41, 5.74) is 1.07. The molecule has 0 fully saturated rings. The van der Waals surface area contributed by atoms with Crippen LogP contribution in [-0.4, -0.2) is 23.4 Å². The van der Waals surface area contributed by atoms with Gasteiger partial charge in [0.25, 0.3) is 0 Å². The van der Waals surface area contributed by atoms with Gasteiger partial charge in [0.15, 0.2) is 11.1 Å². The number of benzene rings is 1. The molecule has 0 amide bonds. The predicted octanol–water partition coefficient (Wildman–Crippen LogP) is 1.65. The minimum atomic E-state index is -1.59. The van der Waals surface area contributed by atoms with E-state index in [4.69, 9.17) is 8.92 Å². The Morgan fingerprint density at radius 1 is 1.41 bits per heavy atom. The molecule has 1 unspecified atom stereocenters. The number of carbonyl (C=O) groups excluding carboxylic acids is 1. The zero-order valence-electron chi connectivity index (χ0n) is 9.34. The van der Waals surface area contributed by atoms with Crippen molar-refractivity contribution < 1.29 is 17.9 Å². The van der Waals surface area contributed by atoms with Crippen molar-refractivity contribution in [1.82, 2.24) is 0 Å². The average molecular weight is 252 g/mol. The summed E-state index contributed by atoms with van der Waals surface area (Å²) in [4.78, 5) is 12.1. The Morgan fingerprint density at radius 2 is 2.12 bits per heavy atom. The summed E-state index contributed by atoms with van der Waals surface area (Å²) in [6.07, 6.45) is 0. The van der Waals surface area contributed by atoms with E-state index in [-0.39, 0.29) is 13.2 Å². The Hall–Kier alpha value is -1.46. The molecular weight excluding hydrogens is 240 g/mol. The Morgan fingerprint density at radius 3 is 2.76 bits per heavy atom. The van der Waals surface area contributed by atoms with E-state index in [9.17, 15) is 9.00 Å². The van der Waals surface area contributed by atoms with E-state index in [1.165, 1.54) is 0 Å². The Bertz CT molecular complexity index is 479. The maximum atomic E-state index is 11.7. The first kappa shape index (κ1) is 12.0. The number of hydrogen-bond acceptors (Lipinski definition) is 4. The monoisotopic (exact) mass is 252 g/mol. The largest absolute Gasteiger partial charge is 0.463 e. The van der Waals surface area contributed by atoms with Gasteiger partial charge < -0.3 is 4.74 Å². The van der Waals surface area contributed by atoms with Crippen molar-refractivity contribution in [2.45, 2.75) is 6.92 Å². The van der Waals surface area contributed by atoms with Gasteiger partial charge in [-0.1, -0.05) is 30.3 Å². The summed E-state index contributed by atoms with van der Waals surface area (Å²) >= 11 is -1.59. The van der Waals surface area contributed by atoms with Crippen LogP contribution in [0.25, 0.3) is 4.91 Å². The van der Waals surface area contributed by atoms with Crippen LogP contribution in [-0.2, 0) is 24.8 Å². The van der Waals surface area contributed by atoms with E-state index in [1.54, 1.807) is 19.1 Å². The molecule has 2 rings (SSSR count). The van der Waals surface area contributed by atoms with Crippen LogP contribution >= 0.6 is 0 Å². The van der Waals surface area contributed by atoms with Crippen LogP contribution in [0.3, 0.4) is 0 Å². The van der Waals surface area contributed by atoms with Crippen LogP contribution in [0.4, 0.5) is 0 Å². The fourth-order valence-corrected chi connectivity index (χ4v) is 2.58. The molecule has 1 heterocycles. The highest BCUT2D eigenvalue weighted by Crippen LogP contribution is 2.29. The van der Waals surface area contributed by atoms with Gasteiger partial charge in [0.1, 0.15) is 0 Å². The van der Waals surface area contributed by atoms with Crippen molar-refractivity contribution in [3.8, 4) is 0 Å². The Kier molecular flexibility index (Phi) is 3.71. The van der Waals surface area contributed by atoms with Crippen molar-refractivity contribution in [2.75, 3.05) is 13.2 Å². The van der Waals surface area contributed by atoms with Crippen molar-refractivity contribution in [2.24, 2.45) is 0 Å². The fraction of sp³-hybridized carbons (Fsp3) is 0.250. The molecule has 1 aromatic rings. The van der Waals surface area contributed by atoms with Crippen molar-refractivity contribution in [3.63, 3.8) is 0 Å². The number of carbonyl (C=O) groups is 1. The number of rotatable bonds is 3. The van der Waals surface area contributed by atoms with Gasteiger partial charge in [-0.3, -0.25) is 4.18 Å². The Balaban J connectivity index is 2.42. The third-order valence-corrected chi connectivity index (χ3v) is 3.46. The summed E-state index contributed by atoms with van der Waals surface area (Å²) in [6, 6.07) is 9.08. The van der Waals surface area contributed by atoms with Crippen LogP contribution in [0.2, 0.25) is 0 Å². The lowest BCUT2D eigenvalue weighted by Crippen LogP contribution is -2.09. The van der Waals surface area contributed by atoms with E-state index < -0.39 is 17.0 Å². The highest BCUT2D eigenvalue weighted by Gasteiger charge is 2.29. The van der Waals surface area contributed by atoms with Gasteiger partial charge in [-0.05, 0) is 12.5 Å². The number of ether oxygens (including phenoxy) is 1. The van der Waals surface area contributed by atoms with Crippen molar-refractivity contribution in [3.05, 3.63) is 41.5 Å². The van der Waals surface area contributed by atoms with Crippen LogP contribution in [0.15, 0.2) is 35.9 Å². The lowest BCUT2D eigenvalue weighted by Gasteiger charge is -2.03. The molecule has 1 aliphatic rings. The van der Waals surface area contributed by atoms with Gasteiger partial charge in [-0.15, -0.1) is 0 Å². The lowest BCUT2D eigenvalue weighted by molar-refractivity contribution is -0.138. The zero-order chi connectivity index (χ0) is 12.3. The van der Waals surface area contributed by atoms with Crippen LogP contribution in [0, 0.1) is 0 Å². The summed E-state index contributed by atoms with van der Waals surface area (Å²) in [6.45, 7) is 2.06. The van der Waals surface area contributed by atoms with E-state index in [0.717, 1.165) is 5.56 Å². The first-order valence-electron chi connectivity index (χ1n) is 5.24. The molecule has 0 saturated heterocycles. The molecule has 1 aromatic carbocycles. The molecule has 1 aliphatic heterocycles. The predicted molar refractivity (Wildman–Crippen MR) is 64.1 cm³/mol.